The Bertz CT molecular complexity index is 1390. The number of allylic oxidation sites excluding steroid dienone is 7. The van der Waals surface area contributed by atoms with E-state index < -0.39 is 12.1 Å². The van der Waals surface area contributed by atoms with Gasteiger partial charge in [-0.3, -0.25) is 9.59 Å². The fourth-order valence-corrected chi connectivity index (χ4v) is 11.6. The van der Waals surface area contributed by atoms with Gasteiger partial charge in [0.1, 0.15) is 0 Å². The van der Waals surface area contributed by atoms with Crippen LogP contribution in [0.5, 0.6) is 0 Å². The number of unbranched alkanes of at least 4 members (excludes halogenated alkanes) is 53. The number of hydrogen-bond donors (Lipinski definition) is 3. The smallest absolute Gasteiger partial charge is 0.305 e. The summed E-state index contributed by atoms with van der Waals surface area (Å²) in [5, 5.41) is 23.2. The summed E-state index contributed by atoms with van der Waals surface area (Å²) in [4.78, 5) is 24.6. The van der Waals surface area contributed by atoms with Crippen molar-refractivity contribution in [1.82, 2.24) is 5.32 Å². The number of amides is 1. The molecule has 0 aliphatic heterocycles. The minimum Gasteiger partial charge on any atom is -0.466 e. The van der Waals surface area contributed by atoms with Crippen LogP contribution in [0.1, 0.15) is 406 Å². The van der Waals surface area contributed by atoms with Crippen LogP contribution in [0.15, 0.2) is 48.6 Å². The van der Waals surface area contributed by atoms with E-state index in [1.807, 2.05) is 6.08 Å². The molecule has 0 radical (unpaired) electrons. The highest BCUT2D eigenvalue weighted by molar-refractivity contribution is 5.76. The summed E-state index contributed by atoms with van der Waals surface area (Å²) in [6.07, 6.45) is 95.0. The van der Waals surface area contributed by atoms with Gasteiger partial charge in [-0.15, -0.1) is 0 Å². The van der Waals surface area contributed by atoms with Gasteiger partial charge in [-0.05, 0) is 89.9 Å². The maximum absolute atomic E-state index is 12.5. The molecule has 488 valence electrons. The standard InChI is InChI=1S/C77H145NO5/c1-3-5-7-9-11-13-15-17-19-20-36-40-43-47-51-55-59-63-67-71-77(82)83-72-68-64-60-56-52-48-44-41-38-35-33-31-29-27-25-23-21-22-24-26-28-30-32-34-37-39-42-46-50-54-58-62-66-70-76(81)78-74(73-79)75(80)69-65-61-57-53-49-45-18-16-14-12-10-8-6-4-2/h17,19,25,27,31,33,65,69,74-75,79-80H,3-16,18,20-24,26,28-30,32,34-64,66-68,70-73H2,1-2H3,(H,78,81)/b19-17-,27-25-,33-31-,69-65+. The number of carbonyl (C=O) groups excluding carboxylic acids is 2. The Hall–Kier alpha value is -2.18. The van der Waals surface area contributed by atoms with Crippen molar-refractivity contribution in [2.24, 2.45) is 0 Å². The first-order chi connectivity index (χ1) is 41.0. The van der Waals surface area contributed by atoms with Gasteiger partial charge in [0.2, 0.25) is 5.91 Å². The molecule has 83 heavy (non-hydrogen) atoms. The molecular formula is C77H145NO5. The van der Waals surface area contributed by atoms with Crippen molar-refractivity contribution in [2.45, 2.75) is 418 Å². The molecule has 3 N–H and O–H groups in total. The van der Waals surface area contributed by atoms with Crippen LogP contribution in [0, 0.1) is 0 Å². The molecule has 0 bridgehead atoms. The van der Waals surface area contributed by atoms with Crippen LogP contribution < -0.4 is 5.32 Å². The highest BCUT2D eigenvalue weighted by Gasteiger charge is 2.18. The van der Waals surface area contributed by atoms with Gasteiger partial charge >= 0.3 is 5.97 Å². The number of ether oxygens (including phenoxy) is 1. The second-order valence-corrected chi connectivity index (χ2v) is 25.6. The largest absolute Gasteiger partial charge is 0.466 e. The Morgan fingerprint density at radius 3 is 0.928 bits per heavy atom. The molecular weight excluding hydrogens is 1020 g/mol. The van der Waals surface area contributed by atoms with E-state index in [1.165, 1.54) is 327 Å². The normalized spacial score (nSPS) is 12.8. The van der Waals surface area contributed by atoms with Crippen LogP contribution >= 0.6 is 0 Å². The number of hydrogen-bond acceptors (Lipinski definition) is 5. The molecule has 0 spiro atoms. The number of rotatable bonds is 70. The van der Waals surface area contributed by atoms with Crippen molar-refractivity contribution in [2.75, 3.05) is 13.2 Å². The van der Waals surface area contributed by atoms with E-state index >= 15 is 0 Å². The van der Waals surface area contributed by atoms with E-state index in [9.17, 15) is 19.8 Å². The van der Waals surface area contributed by atoms with E-state index in [0.717, 1.165) is 51.4 Å². The van der Waals surface area contributed by atoms with E-state index in [2.05, 4.69) is 55.6 Å². The van der Waals surface area contributed by atoms with Crippen molar-refractivity contribution in [3.63, 3.8) is 0 Å². The highest BCUT2D eigenvalue weighted by Crippen LogP contribution is 2.18. The van der Waals surface area contributed by atoms with Crippen LogP contribution in [0.4, 0.5) is 0 Å². The van der Waals surface area contributed by atoms with Gasteiger partial charge < -0.3 is 20.3 Å². The first-order valence-corrected chi connectivity index (χ1v) is 37.4. The third kappa shape index (κ3) is 68.8. The maximum Gasteiger partial charge on any atom is 0.305 e. The molecule has 0 aromatic heterocycles. The zero-order chi connectivity index (χ0) is 59.9. The van der Waals surface area contributed by atoms with Crippen LogP contribution in [0.25, 0.3) is 0 Å². The molecule has 0 saturated carbocycles. The number of carbonyl (C=O) groups is 2. The summed E-state index contributed by atoms with van der Waals surface area (Å²) in [7, 11) is 0. The second-order valence-electron chi connectivity index (χ2n) is 25.6. The average molecular weight is 1170 g/mol. The molecule has 6 nitrogen and oxygen atoms in total. The number of aliphatic hydroxyl groups is 2. The summed E-state index contributed by atoms with van der Waals surface area (Å²) >= 11 is 0. The SMILES string of the molecule is CCCCCCCC/C=C\CCCCCCCCCCCC(=O)OCCCCCCCCCCC/C=C\C/C=C\CCCCCCCCCCCCCCCCCCCC(=O)NC(CO)C(O)/C=C/CCCCCCCCCCCCCC. The van der Waals surface area contributed by atoms with Crippen LogP contribution in [-0.4, -0.2) is 47.4 Å². The monoisotopic (exact) mass is 1160 g/mol. The Morgan fingerprint density at radius 2 is 0.602 bits per heavy atom. The van der Waals surface area contributed by atoms with Gasteiger partial charge in [0.15, 0.2) is 0 Å². The summed E-state index contributed by atoms with van der Waals surface area (Å²) in [5.74, 6) is -0.0507. The molecule has 6 heteroatoms. The number of nitrogens with one attached hydrogen (secondary N) is 1. The molecule has 0 aliphatic carbocycles. The summed E-state index contributed by atoms with van der Waals surface area (Å²) in [6.45, 7) is 4.92. The van der Waals surface area contributed by atoms with Gasteiger partial charge in [-0.2, -0.15) is 0 Å². The Balaban J connectivity index is 3.38. The first kappa shape index (κ1) is 80.8. The third-order valence-electron chi connectivity index (χ3n) is 17.3. The third-order valence-corrected chi connectivity index (χ3v) is 17.3. The molecule has 2 unspecified atom stereocenters. The Kier molecular flexibility index (Phi) is 70.4. The lowest BCUT2D eigenvalue weighted by Crippen LogP contribution is -2.45. The van der Waals surface area contributed by atoms with Crippen molar-refractivity contribution >= 4 is 11.9 Å². The zero-order valence-electron chi connectivity index (χ0n) is 55.9. The minimum atomic E-state index is -0.843. The maximum atomic E-state index is 12.5. The zero-order valence-corrected chi connectivity index (χ0v) is 55.9. The van der Waals surface area contributed by atoms with Crippen molar-refractivity contribution < 1.29 is 24.5 Å². The fraction of sp³-hybridized carbons (Fsp3) is 0.870. The first-order valence-electron chi connectivity index (χ1n) is 37.4. The summed E-state index contributed by atoms with van der Waals surface area (Å²) in [5.41, 5.74) is 0. The van der Waals surface area contributed by atoms with Crippen molar-refractivity contribution in [1.29, 1.82) is 0 Å². The number of aliphatic hydroxyl groups excluding tert-OH is 2. The number of esters is 1. The average Bonchev–Trinajstić information content (AvgIpc) is 3.49. The minimum absolute atomic E-state index is 0.0138. The molecule has 0 aromatic rings. The van der Waals surface area contributed by atoms with Crippen LogP contribution in [0.3, 0.4) is 0 Å². The molecule has 0 saturated heterocycles. The van der Waals surface area contributed by atoms with Crippen LogP contribution in [0.2, 0.25) is 0 Å². The molecule has 0 rings (SSSR count). The van der Waals surface area contributed by atoms with Gasteiger partial charge in [0.05, 0.1) is 25.4 Å². The van der Waals surface area contributed by atoms with Gasteiger partial charge in [-0.25, -0.2) is 0 Å². The lowest BCUT2D eigenvalue weighted by atomic mass is 10.0. The van der Waals surface area contributed by atoms with E-state index in [4.69, 9.17) is 4.74 Å². The molecule has 0 fully saturated rings. The van der Waals surface area contributed by atoms with Gasteiger partial charge in [-0.1, -0.05) is 351 Å². The Labute approximate surface area is 518 Å². The molecule has 0 aliphatic rings. The fourth-order valence-electron chi connectivity index (χ4n) is 11.6. The lowest BCUT2D eigenvalue weighted by molar-refractivity contribution is -0.143. The lowest BCUT2D eigenvalue weighted by Gasteiger charge is -2.20. The van der Waals surface area contributed by atoms with Gasteiger partial charge in [0, 0.05) is 12.8 Å². The summed E-state index contributed by atoms with van der Waals surface area (Å²) < 4.78 is 5.51. The Morgan fingerprint density at radius 1 is 0.337 bits per heavy atom. The van der Waals surface area contributed by atoms with Crippen molar-refractivity contribution in [3.05, 3.63) is 48.6 Å². The quantitative estimate of drug-likeness (QED) is 0.0320. The summed E-state index contributed by atoms with van der Waals surface area (Å²) in [6, 6.07) is -0.627. The molecule has 2 atom stereocenters. The van der Waals surface area contributed by atoms with Gasteiger partial charge in [0.25, 0.3) is 0 Å². The van der Waals surface area contributed by atoms with E-state index in [1.54, 1.807) is 6.08 Å². The second kappa shape index (κ2) is 72.3. The molecule has 0 aromatic carbocycles. The highest BCUT2D eigenvalue weighted by atomic mass is 16.5. The topological polar surface area (TPSA) is 95.9 Å². The van der Waals surface area contributed by atoms with Crippen molar-refractivity contribution in [3.8, 4) is 0 Å². The van der Waals surface area contributed by atoms with Crippen LogP contribution in [-0.2, 0) is 14.3 Å². The van der Waals surface area contributed by atoms with E-state index in [0.29, 0.717) is 19.4 Å². The molecule has 0 heterocycles. The predicted octanol–water partition coefficient (Wildman–Crippen LogP) is 24.4. The molecule has 1 amide bonds. The predicted molar refractivity (Wildman–Crippen MR) is 366 cm³/mol. The van der Waals surface area contributed by atoms with E-state index in [-0.39, 0.29) is 18.5 Å².